The third-order valence-corrected chi connectivity index (χ3v) is 6.29. The molecule has 2 heterocycles. The van der Waals surface area contributed by atoms with Gasteiger partial charge in [0.1, 0.15) is 10.8 Å². The second kappa shape index (κ2) is 9.12. The zero-order valence-corrected chi connectivity index (χ0v) is 17.3. The molecule has 3 aromatic rings. The summed E-state index contributed by atoms with van der Waals surface area (Å²) in [5.74, 6) is -0.288. The van der Waals surface area contributed by atoms with Crippen molar-refractivity contribution in [3.8, 4) is 15.6 Å². The third kappa shape index (κ3) is 5.62. The van der Waals surface area contributed by atoms with Crippen LogP contribution in [0.1, 0.15) is 16.1 Å². The molecule has 0 aliphatic heterocycles. The third-order valence-electron chi connectivity index (χ3n) is 3.53. The fraction of sp³-hybridized carbons (Fsp3) is 0.167. The van der Waals surface area contributed by atoms with Gasteiger partial charge in [0.25, 0.3) is 5.91 Å². The van der Waals surface area contributed by atoms with E-state index in [0.29, 0.717) is 18.7 Å². The van der Waals surface area contributed by atoms with E-state index in [2.05, 4.69) is 31.5 Å². The van der Waals surface area contributed by atoms with Crippen molar-refractivity contribution in [3.63, 3.8) is 0 Å². The Morgan fingerprint density at radius 1 is 1.07 bits per heavy atom. The van der Waals surface area contributed by atoms with E-state index in [9.17, 15) is 14.7 Å². The highest BCUT2D eigenvalue weighted by molar-refractivity contribution is 9.10. The van der Waals surface area contributed by atoms with Crippen LogP contribution in [0.2, 0.25) is 0 Å². The number of aromatic nitrogens is 1. The van der Waals surface area contributed by atoms with E-state index in [4.69, 9.17) is 0 Å². The number of benzene rings is 1. The molecule has 0 aliphatic carbocycles. The Bertz CT molecular complexity index is 937. The van der Waals surface area contributed by atoms with E-state index in [-0.39, 0.29) is 24.0 Å². The SMILES string of the molecule is O=C(Cc1csc(-c2cc(Br)cs2)n1)NCCNC(=O)c1ccc(O)cc1. The Morgan fingerprint density at radius 3 is 2.52 bits per heavy atom. The number of thiophene rings is 1. The first kappa shape index (κ1) is 19.5. The van der Waals surface area contributed by atoms with Gasteiger partial charge in [-0.25, -0.2) is 4.98 Å². The Hall–Kier alpha value is -2.23. The molecule has 0 spiro atoms. The van der Waals surface area contributed by atoms with Gasteiger partial charge in [0.2, 0.25) is 5.91 Å². The number of carbonyl (C=O) groups excluding carboxylic acids is 2. The van der Waals surface area contributed by atoms with Crippen molar-refractivity contribution in [1.82, 2.24) is 15.6 Å². The van der Waals surface area contributed by atoms with Gasteiger partial charge >= 0.3 is 0 Å². The van der Waals surface area contributed by atoms with Crippen LogP contribution in [-0.4, -0.2) is 35.0 Å². The van der Waals surface area contributed by atoms with Crippen LogP contribution in [0.4, 0.5) is 0 Å². The van der Waals surface area contributed by atoms with Gasteiger partial charge < -0.3 is 15.7 Å². The molecule has 0 atom stereocenters. The minimum atomic E-state index is -0.254. The van der Waals surface area contributed by atoms with Crippen LogP contribution in [0, 0.1) is 0 Å². The van der Waals surface area contributed by atoms with Crippen molar-refractivity contribution in [2.75, 3.05) is 13.1 Å². The van der Waals surface area contributed by atoms with Crippen LogP contribution in [-0.2, 0) is 11.2 Å². The molecule has 2 amide bonds. The number of hydrogen-bond acceptors (Lipinski definition) is 6. The fourth-order valence-electron chi connectivity index (χ4n) is 2.25. The molecule has 0 bridgehead atoms. The van der Waals surface area contributed by atoms with E-state index in [1.807, 2.05) is 16.8 Å². The molecule has 0 saturated carbocycles. The lowest BCUT2D eigenvalue weighted by molar-refractivity contribution is -0.120. The van der Waals surface area contributed by atoms with Crippen molar-refractivity contribution < 1.29 is 14.7 Å². The fourth-order valence-corrected chi connectivity index (χ4v) is 4.57. The molecular weight excluding hydrogens is 450 g/mol. The molecule has 27 heavy (non-hydrogen) atoms. The Balaban J connectivity index is 1.40. The van der Waals surface area contributed by atoms with Crippen LogP contribution in [0.25, 0.3) is 9.88 Å². The number of phenols is 1. The maximum atomic E-state index is 12.0. The molecule has 1 aromatic carbocycles. The quantitative estimate of drug-likeness (QED) is 0.466. The number of phenolic OH excluding ortho intramolecular Hbond substituents is 1. The first-order valence-electron chi connectivity index (χ1n) is 8.04. The van der Waals surface area contributed by atoms with Crippen molar-refractivity contribution in [2.24, 2.45) is 0 Å². The number of nitrogens with zero attached hydrogens (tertiary/aromatic N) is 1. The summed E-state index contributed by atoms with van der Waals surface area (Å²) in [4.78, 5) is 29.5. The molecule has 0 aliphatic rings. The smallest absolute Gasteiger partial charge is 0.251 e. The number of hydrogen-bond donors (Lipinski definition) is 3. The summed E-state index contributed by atoms with van der Waals surface area (Å²) < 4.78 is 1.02. The van der Waals surface area contributed by atoms with Gasteiger partial charge in [0.05, 0.1) is 17.0 Å². The lowest BCUT2D eigenvalue weighted by Gasteiger charge is -2.07. The number of rotatable bonds is 7. The van der Waals surface area contributed by atoms with Gasteiger partial charge in [0, 0.05) is 33.9 Å². The number of halogens is 1. The standard InChI is InChI=1S/C18H16BrN3O3S2/c19-12-7-15(26-9-12)18-22-13(10-27-18)8-16(24)20-5-6-21-17(25)11-1-3-14(23)4-2-11/h1-4,7,9-10,23H,5-6,8H2,(H,20,24)(H,21,25). The minimum Gasteiger partial charge on any atom is -0.508 e. The van der Waals surface area contributed by atoms with Gasteiger partial charge in [-0.05, 0) is 46.3 Å². The molecular formula is C18H16BrN3O3S2. The van der Waals surface area contributed by atoms with Crippen LogP contribution in [0.15, 0.2) is 45.6 Å². The average molecular weight is 466 g/mol. The summed E-state index contributed by atoms with van der Waals surface area (Å²) >= 11 is 6.53. The number of carbonyl (C=O) groups is 2. The maximum Gasteiger partial charge on any atom is 0.251 e. The average Bonchev–Trinajstić information content (AvgIpc) is 3.28. The zero-order valence-electron chi connectivity index (χ0n) is 14.1. The van der Waals surface area contributed by atoms with Crippen molar-refractivity contribution >= 4 is 50.4 Å². The van der Waals surface area contributed by atoms with Crippen molar-refractivity contribution in [2.45, 2.75) is 6.42 Å². The molecule has 0 unspecified atom stereocenters. The number of thiazole rings is 1. The lowest BCUT2D eigenvalue weighted by atomic mass is 10.2. The van der Waals surface area contributed by atoms with Crippen molar-refractivity contribution in [1.29, 1.82) is 0 Å². The Labute approximate surface area is 172 Å². The van der Waals surface area contributed by atoms with E-state index in [1.165, 1.54) is 35.6 Å². The highest BCUT2D eigenvalue weighted by atomic mass is 79.9. The first-order valence-corrected chi connectivity index (χ1v) is 10.6. The molecule has 9 heteroatoms. The highest BCUT2D eigenvalue weighted by Gasteiger charge is 2.10. The summed E-state index contributed by atoms with van der Waals surface area (Å²) in [5, 5.41) is 19.5. The van der Waals surface area contributed by atoms with E-state index in [1.54, 1.807) is 11.3 Å². The van der Waals surface area contributed by atoms with Crippen LogP contribution >= 0.6 is 38.6 Å². The zero-order chi connectivity index (χ0) is 19.2. The van der Waals surface area contributed by atoms with Crippen LogP contribution in [0.5, 0.6) is 5.75 Å². The molecule has 0 radical (unpaired) electrons. The molecule has 2 aromatic heterocycles. The van der Waals surface area contributed by atoms with Crippen molar-refractivity contribution in [3.05, 3.63) is 56.8 Å². The highest BCUT2D eigenvalue weighted by Crippen LogP contribution is 2.32. The molecule has 140 valence electrons. The van der Waals surface area contributed by atoms with Gasteiger partial charge in [-0.15, -0.1) is 22.7 Å². The number of nitrogens with one attached hydrogen (secondary N) is 2. The second-order valence-electron chi connectivity index (χ2n) is 5.60. The lowest BCUT2D eigenvalue weighted by Crippen LogP contribution is -2.35. The Morgan fingerprint density at radius 2 is 1.81 bits per heavy atom. The predicted octanol–water partition coefficient (Wildman–Crippen LogP) is 3.43. The van der Waals surface area contributed by atoms with E-state index >= 15 is 0 Å². The summed E-state index contributed by atoms with van der Waals surface area (Å²) in [6.45, 7) is 0.647. The van der Waals surface area contributed by atoms with Gasteiger partial charge in [-0.1, -0.05) is 0 Å². The first-order chi connectivity index (χ1) is 13.0. The van der Waals surface area contributed by atoms with Gasteiger partial charge in [-0.2, -0.15) is 0 Å². The minimum absolute atomic E-state index is 0.107. The molecule has 0 saturated heterocycles. The number of amides is 2. The van der Waals surface area contributed by atoms with Crippen LogP contribution < -0.4 is 10.6 Å². The molecule has 3 N–H and O–H groups in total. The number of aromatic hydroxyl groups is 1. The molecule has 6 nitrogen and oxygen atoms in total. The Kier molecular flexibility index (Phi) is 6.59. The monoisotopic (exact) mass is 465 g/mol. The topological polar surface area (TPSA) is 91.3 Å². The maximum absolute atomic E-state index is 12.0. The largest absolute Gasteiger partial charge is 0.508 e. The summed E-state index contributed by atoms with van der Waals surface area (Å²) in [6.07, 6.45) is 0.203. The normalized spacial score (nSPS) is 10.6. The molecule has 0 fully saturated rings. The second-order valence-corrected chi connectivity index (χ2v) is 8.29. The molecule has 3 rings (SSSR count). The van der Waals surface area contributed by atoms with Gasteiger partial charge in [-0.3, -0.25) is 9.59 Å². The summed E-state index contributed by atoms with van der Waals surface area (Å²) in [7, 11) is 0. The van der Waals surface area contributed by atoms with Gasteiger partial charge in [0.15, 0.2) is 0 Å². The predicted molar refractivity (Wildman–Crippen MR) is 110 cm³/mol. The summed E-state index contributed by atoms with van der Waals surface area (Å²) in [6, 6.07) is 7.98. The summed E-state index contributed by atoms with van der Waals surface area (Å²) in [5.41, 5.74) is 1.18. The van der Waals surface area contributed by atoms with E-state index in [0.717, 1.165) is 20.1 Å². The van der Waals surface area contributed by atoms with Crippen LogP contribution in [0.3, 0.4) is 0 Å². The van der Waals surface area contributed by atoms with E-state index < -0.39 is 0 Å².